The van der Waals surface area contributed by atoms with Crippen molar-refractivity contribution in [1.29, 1.82) is 0 Å². The van der Waals surface area contributed by atoms with Crippen LogP contribution in [0.2, 0.25) is 0 Å². The molecule has 0 saturated heterocycles. The van der Waals surface area contributed by atoms with Crippen LogP contribution in [0.5, 0.6) is 0 Å². The molecule has 0 saturated carbocycles. The SMILES string of the molecule is Cc1cc(C)c(C)c(-c2c3c(nc[n+]2C)C(c2cnccn2)=CC3)c1. The van der Waals surface area contributed by atoms with Crippen molar-refractivity contribution in [2.75, 3.05) is 0 Å². The van der Waals surface area contributed by atoms with E-state index in [1.54, 1.807) is 18.6 Å². The molecule has 124 valence electrons. The second-order valence-corrected chi connectivity index (χ2v) is 6.70. The summed E-state index contributed by atoms with van der Waals surface area (Å²) in [4.78, 5) is 13.4. The van der Waals surface area contributed by atoms with Gasteiger partial charge in [0, 0.05) is 30.0 Å². The predicted molar refractivity (Wildman–Crippen MR) is 97.9 cm³/mol. The standard InChI is InChI=1S/C21H21N4/c1-13-9-14(2)15(3)18(10-13)21-17-6-5-16(19-11-22-7-8-23-19)20(17)24-12-25(21)4/h5,7-12H,6H2,1-4H3/q+1. The Labute approximate surface area is 147 Å². The molecule has 0 spiro atoms. The van der Waals surface area contributed by atoms with Gasteiger partial charge in [0.2, 0.25) is 0 Å². The number of hydrogen-bond acceptors (Lipinski definition) is 3. The van der Waals surface area contributed by atoms with Gasteiger partial charge in [-0.3, -0.25) is 9.97 Å². The predicted octanol–water partition coefficient (Wildman–Crippen LogP) is 3.28. The summed E-state index contributed by atoms with van der Waals surface area (Å²) < 4.78 is 2.13. The average Bonchev–Trinajstić information content (AvgIpc) is 3.03. The van der Waals surface area contributed by atoms with Crippen molar-refractivity contribution >= 4 is 5.57 Å². The first-order valence-electron chi connectivity index (χ1n) is 8.49. The summed E-state index contributed by atoms with van der Waals surface area (Å²) in [5.41, 5.74) is 10.7. The van der Waals surface area contributed by atoms with Crippen molar-refractivity contribution in [1.82, 2.24) is 15.0 Å². The lowest BCUT2D eigenvalue weighted by Gasteiger charge is -2.13. The molecule has 0 N–H and O–H groups in total. The molecule has 4 rings (SSSR count). The lowest BCUT2D eigenvalue weighted by Crippen LogP contribution is -2.33. The monoisotopic (exact) mass is 329 g/mol. The van der Waals surface area contributed by atoms with Crippen LogP contribution in [0.15, 0.2) is 43.1 Å². The molecule has 1 aliphatic carbocycles. The third kappa shape index (κ3) is 2.54. The molecule has 0 radical (unpaired) electrons. The maximum absolute atomic E-state index is 4.70. The first-order chi connectivity index (χ1) is 12.1. The van der Waals surface area contributed by atoms with E-state index in [9.17, 15) is 0 Å². The van der Waals surface area contributed by atoms with E-state index in [1.807, 2.05) is 6.33 Å². The van der Waals surface area contributed by atoms with Gasteiger partial charge < -0.3 is 0 Å². The molecule has 0 fully saturated rings. The van der Waals surface area contributed by atoms with E-state index in [1.165, 1.54) is 33.5 Å². The van der Waals surface area contributed by atoms with Gasteiger partial charge in [-0.25, -0.2) is 4.57 Å². The largest absolute Gasteiger partial charge is 0.287 e. The summed E-state index contributed by atoms with van der Waals surface area (Å²) in [6, 6.07) is 4.52. The summed E-state index contributed by atoms with van der Waals surface area (Å²) in [5, 5.41) is 0. The Morgan fingerprint density at radius 2 is 1.88 bits per heavy atom. The van der Waals surface area contributed by atoms with Gasteiger partial charge in [0.15, 0.2) is 5.69 Å². The maximum Gasteiger partial charge on any atom is 0.287 e. The minimum atomic E-state index is 0.866. The Bertz CT molecular complexity index is 1000. The van der Waals surface area contributed by atoms with Crippen molar-refractivity contribution in [3.63, 3.8) is 0 Å². The fourth-order valence-corrected chi connectivity index (χ4v) is 3.63. The summed E-state index contributed by atoms with van der Waals surface area (Å²) in [5.74, 6) is 0. The number of nitrogens with zero attached hydrogens (tertiary/aromatic N) is 4. The van der Waals surface area contributed by atoms with Crippen LogP contribution in [-0.4, -0.2) is 15.0 Å². The third-order valence-electron chi connectivity index (χ3n) is 4.96. The van der Waals surface area contributed by atoms with Crippen LogP contribution >= 0.6 is 0 Å². The van der Waals surface area contributed by atoms with Crippen molar-refractivity contribution in [2.45, 2.75) is 27.2 Å². The molecule has 1 aromatic carbocycles. The fourth-order valence-electron chi connectivity index (χ4n) is 3.63. The van der Waals surface area contributed by atoms with Gasteiger partial charge in [-0.1, -0.05) is 17.7 Å². The summed E-state index contributed by atoms with van der Waals surface area (Å²) >= 11 is 0. The second kappa shape index (κ2) is 5.88. The van der Waals surface area contributed by atoms with Crippen LogP contribution in [0.1, 0.15) is 33.6 Å². The minimum Gasteiger partial charge on any atom is -0.261 e. The molecule has 2 aromatic heterocycles. The number of aromatic nitrogens is 4. The highest BCUT2D eigenvalue weighted by Gasteiger charge is 2.29. The van der Waals surface area contributed by atoms with Gasteiger partial charge in [0.1, 0.15) is 5.69 Å². The molecule has 1 aliphatic rings. The quantitative estimate of drug-likeness (QED) is 0.678. The van der Waals surface area contributed by atoms with Crippen LogP contribution < -0.4 is 4.57 Å². The van der Waals surface area contributed by atoms with Crippen LogP contribution in [-0.2, 0) is 13.5 Å². The van der Waals surface area contributed by atoms with E-state index in [0.717, 1.165) is 23.4 Å². The van der Waals surface area contributed by atoms with E-state index in [-0.39, 0.29) is 0 Å². The molecule has 0 amide bonds. The maximum atomic E-state index is 4.70. The zero-order valence-corrected chi connectivity index (χ0v) is 15.0. The van der Waals surface area contributed by atoms with Crippen LogP contribution in [0.3, 0.4) is 0 Å². The average molecular weight is 329 g/mol. The first-order valence-corrected chi connectivity index (χ1v) is 8.49. The highest BCUT2D eigenvalue weighted by atomic mass is 15.0. The van der Waals surface area contributed by atoms with Gasteiger partial charge in [-0.2, -0.15) is 0 Å². The molecular weight excluding hydrogens is 308 g/mol. The van der Waals surface area contributed by atoms with Gasteiger partial charge >= 0.3 is 0 Å². The molecule has 0 atom stereocenters. The van der Waals surface area contributed by atoms with Gasteiger partial charge in [-0.05, 0) is 42.9 Å². The molecule has 0 unspecified atom stereocenters. The molecule has 0 aliphatic heterocycles. The van der Waals surface area contributed by atoms with E-state index in [2.05, 4.69) is 60.6 Å². The lowest BCUT2D eigenvalue weighted by atomic mass is 9.94. The number of benzene rings is 1. The molecule has 4 nitrogen and oxygen atoms in total. The number of aryl methyl sites for hydroxylation is 3. The lowest BCUT2D eigenvalue weighted by molar-refractivity contribution is -0.663. The van der Waals surface area contributed by atoms with E-state index in [4.69, 9.17) is 4.98 Å². The molecule has 3 aromatic rings. The van der Waals surface area contributed by atoms with Crippen molar-refractivity contribution < 1.29 is 4.57 Å². The summed E-state index contributed by atoms with van der Waals surface area (Å²) in [6.45, 7) is 6.53. The number of rotatable bonds is 2. The summed E-state index contributed by atoms with van der Waals surface area (Å²) in [7, 11) is 2.07. The molecule has 4 heteroatoms. The molecule has 2 heterocycles. The number of fused-ring (bicyclic) bond motifs is 1. The van der Waals surface area contributed by atoms with Gasteiger partial charge in [0.05, 0.1) is 24.5 Å². The number of hydrogen-bond donors (Lipinski definition) is 0. The normalized spacial score (nSPS) is 12.9. The van der Waals surface area contributed by atoms with Crippen molar-refractivity contribution in [3.8, 4) is 11.3 Å². The molecule has 0 bridgehead atoms. The zero-order valence-electron chi connectivity index (χ0n) is 15.0. The smallest absolute Gasteiger partial charge is 0.261 e. The molecular formula is C21H21N4+. The van der Waals surface area contributed by atoms with Crippen LogP contribution in [0.4, 0.5) is 0 Å². The minimum absolute atomic E-state index is 0.866. The Morgan fingerprint density at radius 1 is 1.04 bits per heavy atom. The van der Waals surface area contributed by atoms with E-state index < -0.39 is 0 Å². The van der Waals surface area contributed by atoms with E-state index >= 15 is 0 Å². The Morgan fingerprint density at radius 3 is 2.64 bits per heavy atom. The topological polar surface area (TPSA) is 42.5 Å². The fraction of sp³-hybridized carbons (Fsp3) is 0.238. The Hall–Kier alpha value is -2.88. The van der Waals surface area contributed by atoms with Gasteiger partial charge in [-0.15, -0.1) is 0 Å². The number of allylic oxidation sites excluding steroid dienone is 1. The Balaban J connectivity index is 1.93. The van der Waals surface area contributed by atoms with Crippen molar-refractivity contribution in [3.05, 3.63) is 76.8 Å². The molecule has 25 heavy (non-hydrogen) atoms. The highest BCUT2D eigenvalue weighted by molar-refractivity contribution is 5.84. The first kappa shape index (κ1) is 15.6. The Kier molecular flexibility index (Phi) is 3.68. The highest BCUT2D eigenvalue weighted by Crippen LogP contribution is 2.36. The second-order valence-electron chi connectivity index (χ2n) is 6.70. The van der Waals surface area contributed by atoms with E-state index in [0.29, 0.717) is 0 Å². The van der Waals surface area contributed by atoms with Crippen LogP contribution in [0.25, 0.3) is 16.8 Å². The van der Waals surface area contributed by atoms with Crippen molar-refractivity contribution in [2.24, 2.45) is 7.05 Å². The summed E-state index contributed by atoms with van der Waals surface area (Å²) in [6.07, 6.45) is 10.2. The van der Waals surface area contributed by atoms with Gasteiger partial charge in [0.25, 0.3) is 6.33 Å². The van der Waals surface area contributed by atoms with Crippen LogP contribution in [0, 0.1) is 20.8 Å². The zero-order chi connectivity index (χ0) is 17.6. The third-order valence-corrected chi connectivity index (χ3v) is 4.96.